The summed E-state index contributed by atoms with van der Waals surface area (Å²) in [5.74, 6) is 0.551. The fraction of sp³-hybridized carbons (Fsp3) is 0.312. The molecule has 3 N–H and O–H groups in total. The van der Waals surface area contributed by atoms with Gasteiger partial charge in [-0.15, -0.1) is 12.3 Å². The van der Waals surface area contributed by atoms with Crippen LogP contribution in [-0.4, -0.2) is 28.9 Å². The molecule has 1 aromatic rings. The van der Waals surface area contributed by atoms with Gasteiger partial charge in [0.05, 0.1) is 0 Å². The Kier molecular flexibility index (Phi) is 6.64. The number of hydrogen-bond donors (Lipinski definition) is 3. The predicted molar refractivity (Wildman–Crippen MR) is 82.3 cm³/mol. The first-order valence-corrected chi connectivity index (χ1v) is 6.79. The molecule has 6 nitrogen and oxygen atoms in total. The van der Waals surface area contributed by atoms with Crippen molar-refractivity contribution < 1.29 is 19.5 Å². The molecule has 0 spiro atoms. The van der Waals surface area contributed by atoms with E-state index in [4.69, 9.17) is 11.5 Å². The lowest BCUT2D eigenvalue weighted by molar-refractivity contribution is -0.139. The second-order valence-electron chi connectivity index (χ2n) is 4.72. The van der Waals surface area contributed by atoms with E-state index in [1.165, 1.54) is 13.0 Å². The number of rotatable bonds is 7. The molecule has 2 amide bonds. The van der Waals surface area contributed by atoms with Gasteiger partial charge in [0, 0.05) is 24.6 Å². The van der Waals surface area contributed by atoms with Crippen LogP contribution in [0.3, 0.4) is 0 Å². The van der Waals surface area contributed by atoms with E-state index in [1.807, 2.05) is 0 Å². The fourth-order valence-corrected chi connectivity index (χ4v) is 1.85. The molecule has 0 saturated carbocycles. The molecule has 1 rings (SSSR count). The number of unbranched alkanes of at least 4 members (excludes halogenated alkanes) is 1. The summed E-state index contributed by atoms with van der Waals surface area (Å²) in [7, 11) is 0. The molecule has 6 heteroatoms. The van der Waals surface area contributed by atoms with Gasteiger partial charge in [-0.1, -0.05) is 6.07 Å². The lowest BCUT2D eigenvalue weighted by atomic mass is 10.1. The molecule has 0 bridgehead atoms. The lowest BCUT2D eigenvalue weighted by Crippen LogP contribution is -2.40. The molecule has 0 aliphatic carbocycles. The van der Waals surface area contributed by atoms with Crippen LogP contribution >= 0.6 is 0 Å². The highest BCUT2D eigenvalue weighted by Gasteiger charge is 2.20. The van der Waals surface area contributed by atoms with Gasteiger partial charge in [0.1, 0.15) is 6.04 Å². The first kappa shape index (κ1) is 17.2. The average Bonchev–Trinajstić information content (AvgIpc) is 2.45. The van der Waals surface area contributed by atoms with Gasteiger partial charge in [0.25, 0.3) is 5.91 Å². The van der Waals surface area contributed by atoms with E-state index >= 15 is 0 Å². The van der Waals surface area contributed by atoms with Crippen LogP contribution in [0.15, 0.2) is 24.3 Å². The Bertz CT molecular complexity index is 604. The fourth-order valence-electron chi connectivity index (χ4n) is 1.85. The van der Waals surface area contributed by atoms with Crippen LogP contribution < -0.4 is 10.6 Å². The normalized spacial score (nSPS) is 11.1. The number of carbonyl (C=O) groups is 3. The zero-order valence-corrected chi connectivity index (χ0v) is 12.3. The number of carbonyl (C=O) groups excluding carboxylic acids is 2. The number of carboxylic acid groups (broad SMARTS) is 1. The van der Waals surface area contributed by atoms with Gasteiger partial charge in [-0.25, -0.2) is 4.79 Å². The van der Waals surface area contributed by atoms with Crippen molar-refractivity contribution in [3.63, 3.8) is 0 Å². The van der Waals surface area contributed by atoms with Crippen LogP contribution in [0, 0.1) is 12.3 Å². The average molecular weight is 302 g/mol. The van der Waals surface area contributed by atoms with Crippen LogP contribution in [-0.2, 0) is 9.59 Å². The van der Waals surface area contributed by atoms with Gasteiger partial charge in [-0.3, -0.25) is 9.59 Å². The summed E-state index contributed by atoms with van der Waals surface area (Å²) < 4.78 is 0. The molecule has 0 unspecified atom stereocenters. The summed E-state index contributed by atoms with van der Waals surface area (Å²) in [6, 6.07) is 5.27. The van der Waals surface area contributed by atoms with E-state index in [1.54, 1.807) is 18.2 Å². The van der Waals surface area contributed by atoms with Crippen LogP contribution in [0.5, 0.6) is 0 Å². The second-order valence-corrected chi connectivity index (χ2v) is 4.72. The van der Waals surface area contributed by atoms with Crippen molar-refractivity contribution in [3.05, 3.63) is 29.8 Å². The Labute approximate surface area is 128 Å². The van der Waals surface area contributed by atoms with Crippen LogP contribution in [0.25, 0.3) is 0 Å². The van der Waals surface area contributed by atoms with Crippen LogP contribution in [0.2, 0.25) is 0 Å². The second kappa shape index (κ2) is 8.47. The van der Waals surface area contributed by atoms with Gasteiger partial charge in [0.15, 0.2) is 0 Å². The molecule has 0 aliphatic rings. The first-order valence-electron chi connectivity index (χ1n) is 6.79. The maximum Gasteiger partial charge on any atom is 0.326 e. The van der Waals surface area contributed by atoms with Crippen LogP contribution in [0.1, 0.15) is 36.5 Å². The number of terminal acetylenes is 1. The minimum absolute atomic E-state index is 0.254. The number of amides is 2. The molecular formula is C16H18N2O4. The molecule has 0 heterocycles. The summed E-state index contributed by atoms with van der Waals surface area (Å²) in [4.78, 5) is 34.3. The third-order valence-electron chi connectivity index (χ3n) is 2.86. The Hall–Kier alpha value is -2.81. The van der Waals surface area contributed by atoms with Crippen molar-refractivity contribution in [2.24, 2.45) is 0 Å². The summed E-state index contributed by atoms with van der Waals surface area (Å²) in [6.07, 6.45) is 6.35. The summed E-state index contributed by atoms with van der Waals surface area (Å²) in [5.41, 5.74) is 0.744. The Morgan fingerprint density at radius 2 is 2.09 bits per heavy atom. The highest BCUT2D eigenvalue weighted by molar-refractivity contribution is 5.98. The number of carboxylic acids is 1. The molecule has 0 aliphatic heterocycles. The molecule has 1 aromatic carbocycles. The van der Waals surface area contributed by atoms with Gasteiger partial charge >= 0.3 is 5.97 Å². The van der Waals surface area contributed by atoms with Gasteiger partial charge in [-0.2, -0.15) is 0 Å². The highest BCUT2D eigenvalue weighted by Crippen LogP contribution is 2.11. The largest absolute Gasteiger partial charge is 0.480 e. The van der Waals surface area contributed by atoms with Crippen molar-refractivity contribution in [2.45, 2.75) is 32.2 Å². The van der Waals surface area contributed by atoms with E-state index in [0.29, 0.717) is 18.5 Å². The molecular weight excluding hydrogens is 284 g/mol. The molecule has 0 radical (unpaired) electrons. The third-order valence-corrected chi connectivity index (χ3v) is 2.86. The van der Waals surface area contributed by atoms with Crippen molar-refractivity contribution in [1.29, 1.82) is 0 Å². The standard InChI is InChI=1S/C16H18N2O4/c1-3-4-5-9-14(16(21)22)18-15(20)12-7-6-8-13(10-12)17-11(2)19/h1,6-8,10,14H,4-5,9H2,2H3,(H,17,19)(H,18,20)(H,21,22)/t14-/m0/s1. The minimum atomic E-state index is -1.11. The monoisotopic (exact) mass is 302 g/mol. The van der Waals surface area contributed by atoms with E-state index in [0.717, 1.165) is 0 Å². The number of nitrogens with one attached hydrogen (secondary N) is 2. The van der Waals surface area contributed by atoms with Crippen molar-refractivity contribution in [1.82, 2.24) is 5.32 Å². The van der Waals surface area contributed by atoms with Gasteiger partial charge in [0.2, 0.25) is 5.91 Å². The Morgan fingerprint density at radius 1 is 1.36 bits per heavy atom. The Balaban J connectivity index is 2.75. The molecule has 0 fully saturated rings. The van der Waals surface area contributed by atoms with E-state index in [9.17, 15) is 14.4 Å². The minimum Gasteiger partial charge on any atom is -0.480 e. The molecule has 22 heavy (non-hydrogen) atoms. The summed E-state index contributed by atoms with van der Waals surface area (Å²) in [6.45, 7) is 1.36. The molecule has 0 aromatic heterocycles. The molecule has 1 atom stereocenters. The topological polar surface area (TPSA) is 95.5 Å². The zero-order valence-electron chi connectivity index (χ0n) is 12.3. The smallest absolute Gasteiger partial charge is 0.326 e. The highest BCUT2D eigenvalue weighted by atomic mass is 16.4. The summed E-state index contributed by atoms with van der Waals surface area (Å²) in [5, 5.41) is 14.1. The number of hydrogen-bond acceptors (Lipinski definition) is 3. The quantitative estimate of drug-likeness (QED) is 0.527. The predicted octanol–water partition coefficient (Wildman–Crippen LogP) is 1.63. The third kappa shape index (κ3) is 5.67. The van der Waals surface area contributed by atoms with Crippen molar-refractivity contribution >= 4 is 23.5 Å². The van der Waals surface area contributed by atoms with Crippen molar-refractivity contribution in [3.8, 4) is 12.3 Å². The van der Waals surface area contributed by atoms with Gasteiger partial charge < -0.3 is 15.7 Å². The van der Waals surface area contributed by atoms with Gasteiger partial charge in [-0.05, 0) is 31.0 Å². The van der Waals surface area contributed by atoms with E-state index < -0.39 is 17.9 Å². The van der Waals surface area contributed by atoms with E-state index in [2.05, 4.69) is 16.6 Å². The maximum absolute atomic E-state index is 12.1. The Morgan fingerprint density at radius 3 is 2.68 bits per heavy atom. The number of aliphatic carboxylic acids is 1. The SMILES string of the molecule is C#CCCC[C@H](NC(=O)c1cccc(NC(C)=O)c1)C(=O)O. The molecule has 116 valence electrons. The first-order chi connectivity index (χ1) is 10.4. The maximum atomic E-state index is 12.1. The van der Waals surface area contributed by atoms with Crippen molar-refractivity contribution in [2.75, 3.05) is 5.32 Å². The number of anilines is 1. The number of benzene rings is 1. The zero-order chi connectivity index (χ0) is 16.5. The lowest BCUT2D eigenvalue weighted by Gasteiger charge is -2.14. The van der Waals surface area contributed by atoms with Crippen LogP contribution in [0.4, 0.5) is 5.69 Å². The summed E-state index contributed by atoms with van der Waals surface area (Å²) >= 11 is 0. The van der Waals surface area contributed by atoms with E-state index in [-0.39, 0.29) is 17.9 Å². The molecule has 0 saturated heterocycles.